The summed E-state index contributed by atoms with van der Waals surface area (Å²) in [6.45, 7) is 0. The lowest BCUT2D eigenvalue weighted by Crippen LogP contribution is -2.13. The zero-order valence-electron chi connectivity index (χ0n) is 6.20. The fourth-order valence-electron chi connectivity index (χ4n) is 0.949. The van der Waals surface area contributed by atoms with Gasteiger partial charge in [0.05, 0.1) is 0 Å². The number of carbonyl (C=O) groups is 1. The Morgan fingerprint density at radius 1 is 1.43 bits per heavy atom. The Bertz CT molecular complexity index is 458. The monoisotopic (exact) mass is 242 g/mol. The van der Waals surface area contributed by atoms with Gasteiger partial charge in [-0.3, -0.25) is 4.55 Å². The highest BCUT2D eigenvalue weighted by Crippen LogP contribution is 2.33. The van der Waals surface area contributed by atoms with Crippen molar-refractivity contribution in [3.05, 3.63) is 10.7 Å². The lowest BCUT2D eigenvalue weighted by atomic mass is 10.5. The van der Waals surface area contributed by atoms with E-state index in [9.17, 15) is 17.4 Å². The standard InChI is InChI=1S/C4H2O8S2/c5-3-2(14(7,8)9)1-4(10-3)12-13(6)11-1/h4H,(H,7,8,9). The summed E-state index contributed by atoms with van der Waals surface area (Å²) in [6.07, 6.45) is -1.46. The Morgan fingerprint density at radius 3 is 2.64 bits per heavy atom. The first kappa shape index (κ1) is 9.58. The average molecular weight is 242 g/mol. The maximum atomic E-state index is 10.9. The molecule has 0 saturated carbocycles. The molecule has 8 nitrogen and oxygen atoms in total. The number of carbonyl (C=O) groups excluding carboxylic acids is 1. The minimum atomic E-state index is -4.76. The fraction of sp³-hybridized carbons (Fsp3) is 0.250. The molecule has 2 aliphatic heterocycles. The van der Waals surface area contributed by atoms with Crippen LogP contribution in [0.1, 0.15) is 0 Å². The SMILES string of the molecule is O=C1OC2OS(=O)OC2=C1S(=O)(=O)O. The van der Waals surface area contributed by atoms with Crippen LogP contribution in [0, 0.1) is 0 Å². The summed E-state index contributed by atoms with van der Waals surface area (Å²) >= 11 is -2.21. The average Bonchev–Trinajstić information content (AvgIpc) is 2.38. The van der Waals surface area contributed by atoms with Crippen LogP contribution in [0.2, 0.25) is 0 Å². The van der Waals surface area contributed by atoms with E-state index in [1.165, 1.54) is 0 Å². The zero-order valence-corrected chi connectivity index (χ0v) is 7.83. The van der Waals surface area contributed by atoms with Gasteiger partial charge in [0.25, 0.3) is 6.29 Å². The minimum absolute atomic E-state index is 0.587. The summed E-state index contributed by atoms with van der Waals surface area (Å²) < 4.78 is 53.5. The third kappa shape index (κ3) is 1.32. The summed E-state index contributed by atoms with van der Waals surface area (Å²) in [5, 5.41) is 0. The molecule has 1 N–H and O–H groups in total. The molecule has 0 aromatic carbocycles. The first-order chi connectivity index (χ1) is 6.39. The molecule has 2 heterocycles. The second-order valence-corrected chi connectivity index (χ2v) is 4.42. The number of hydrogen-bond donors (Lipinski definition) is 1. The van der Waals surface area contributed by atoms with Crippen LogP contribution >= 0.6 is 0 Å². The van der Waals surface area contributed by atoms with Gasteiger partial charge in [-0.2, -0.15) is 12.6 Å². The molecular formula is C4H2O8S2. The number of fused-ring (bicyclic) bond motifs is 1. The van der Waals surface area contributed by atoms with E-state index >= 15 is 0 Å². The minimum Gasteiger partial charge on any atom is -0.422 e. The van der Waals surface area contributed by atoms with Crippen molar-refractivity contribution in [3.8, 4) is 0 Å². The van der Waals surface area contributed by atoms with Gasteiger partial charge in [-0.15, -0.1) is 0 Å². The maximum absolute atomic E-state index is 10.9. The molecular weight excluding hydrogens is 240 g/mol. The quantitative estimate of drug-likeness (QED) is 0.440. The van der Waals surface area contributed by atoms with Crippen molar-refractivity contribution in [3.63, 3.8) is 0 Å². The Balaban J connectivity index is 2.57. The Morgan fingerprint density at radius 2 is 2.07 bits per heavy atom. The summed E-state index contributed by atoms with van der Waals surface area (Å²) in [6, 6.07) is 0. The molecule has 0 aliphatic carbocycles. The summed E-state index contributed by atoms with van der Waals surface area (Å²) in [5.41, 5.74) is 0. The molecule has 2 unspecified atom stereocenters. The van der Waals surface area contributed by atoms with Crippen molar-refractivity contribution in [2.75, 3.05) is 0 Å². The number of esters is 1. The van der Waals surface area contributed by atoms with Crippen LogP contribution < -0.4 is 0 Å². The van der Waals surface area contributed by atoms with Gasteiger partial charge in [0.15, 0.2) is 0 Å². The summed E-state index contributed by atoms with van der Waals surface area (Å²) in [4.78, 5) is 9.79. The molecule has 0 amide bonds. The second kappa shape index (κ2) is 2.76. The number of hydrogen-bond acceptors (Lipinski definition) is 7. The van der Waals surface area contributed by atoms with E-state index in [4.69, 9.17) is 4.55 Å². The first-order valence-corrected chi connectivity index (χ1v) is 5.53. The first-order valence-electron chi connectivity index (χ1n) is 3.09. The van der Waals surface area contributed by atoms with Crippen LogP contribution in [0.25, 0.3) is 0 Å². The molecule has 0 spiro atoms. The van der Waals surface area contributed by atoms with Gasteiger partial charge in [0.2, 0.25) is 10.7 Å². The largest absolute Gasteiger partial charge is 0.422 e. The predicted octanol–water partition coefficient (Wildman–Crippen LogP) is -1.41. The molecule has 0 aromatic rings. The lowest BCUT2D eigenvalue weighted by molar-refractivity contribution is -0.147. The van der Waals surface area contributed by atoms with Crippen molar-refractivity contribution in [2.45, 2.75) is 6.29 Å². The van der Waals surface area contributed by atoms with Gasteiger partial charge >= 0.3 is 27.4 Å². The third-order valence-electron chi connectivity index (χ3n) is 1.42. The Hall–Kier alpha value is -0.970. The highest BCUT2D eigenvalue weighted by Gasteiger charge is 2.49. The predicted molar refractivity (Wildman–Crippen MR) is 38.8 cm³/mol. The molecule has 10 heteroatoms. The molecule has 2 rings (SSSR count). The van der Waals surface area contributed by atoms with Gasteiger partial charge in [0, 0.05) is 0 Å². The van der Waals surface area contributed by atoms with Gasteiger partial charge in [0.1, 0.15) is 0 Å². The summed E-state index contributed by atoms with van der Waals surface area (Å²) in [5.74, 6) is -1.89. The molecule has 2 aliphatic rings. The van der Waals surface area contributed by atoms with E-state index in [0.717, 1.165) is 0 Å². The van der Waals surface area contributed by atoms with E-state index in [1.54, 1.807) is 0 Å². The lowest BCUT2D eigenvalue weighted by Gasteiger charge is -1.97. The molecule has 78 valence electrons. The van der Waals surface area contributed by atoms with Crippen molar-refractivity contribution >= 4 is 27.4 Å². The van der Waals surface area contributed by atoms with E-state index in [-0.39, 0.29) is 0 Å². The summed E-state index contributed by atoms with van der Waals surface area (Å²) in [7, 11) is -4.76. The van der Waals surface area contributed by atoms with E-state index < -0.39 is 44.4 Å². The van der Waals surface area contributed by atoms with Gasteiger partial charge in [-0.25, -0.2) is 8.98 Å². The smallest absolute Gasteiger partial charge is 0.364 e. The van der Waals surface area contributed by atoms with Crippen molar-refractivity contribution in [1.82, 2.24) is 0 Å². The molecule has 0 radical (unpaired) electrons. The zero-order chi connectivity index (χ0) is 10.5. The van der Waals surface area contributed by atoms with Crippen LogP contribution in [-0.2, 0) is 39.4 Å². The Labute approximate surface area is 80.1 Å². The molecule has 14 heavy (non-hydrogen) atoms. The fourth-order valence-corrected chi connectivity index (χ4v) is 2.27. The van der Waals surface area contributed by atoms with Crippen molar-refractivity contribution in [2.24, 2.45) is 0 Å². The highest BCUT2D eigenvalue weighted by molar-refractivity contribution is 7.91. The number of ether oxygens (including phenoxy) is 1. The van der Waals surface area contributed by atoms with E-state index in [0.29, 0.717) is 0 Å². The van der Waals surface area contributed by atoms with Gasteiger partial charge in [-0.05, 0) is 0 Å². The van der Waals surface area contributed by atoms with Crippen LogP contribution in [-0.4, -0.2) is 29.4 Å². The molecule has 0 bridgehead atoms. The molecule has 2 atom stereocenters. The maximum Gasteiger partial charge on any atom is 0.364 e. The molecule has 1 saturated heterocycles. The van der Waals surface area contributed by atoms with E-state index in [2.05, 4.69) is 13.1 Å². The highest BCUT2D eigenvalue weighted by atomic mass is 32.2. The second-order valence-electron chi connectivity index (χ2n) is 2.29. The normalized spacial score (nSPS) is 31.4. The van der Waals surface area contributed by atoms with Gasteiger partial charge in [-0.1, -0.05) is 0 Å². The van der Waals surface area contributed by atoms with Crippen molar-refractivity contribution < 1.29 is 35.1 Å². The topological polar surface area (TPSA) is 116 Å². The van der Waals surface area contributed by atoms with Crippen LogP contribution in [0.15, 0.2) is 10.7 Å². The molecule has 1 fully saturated rings. The van der Waals surface area contributed by atoms with Crippen molar-refractivity contribution in [1.29, 1.82) is 0 Å². The molecule has 0 aromatic heterocycles. The van der Waals surface area contributed by atoms with Gasteiger partial charge < -0.3 is 8.92 Å². The van der Waals surface area contributed by atoms with Crippen LogP contribution in [0.5, 0.6) is 0 Å². The Kier molecular flexibility index (Phi) is 1.89. The van der Waals surface area contributed by atoms with E-state index in [1.807, 2.05) is 0 Å². The number of rotatable bonds is 1. The van der Waals surface area contributed by atoms with Crippen LogP contribution in [0.3, 0.4) is 0 Å². The van der Waals surface area contributed by atoms with Crippen LogP contribution in [0.4, 0.5) is 0 Å². The third-order valence-corrected chi connectivity index (χ3v) is 2.95.